The first-order chi connectivity index (χ1) is 13.1. The lowest BCUT2D eigenvalue weighted by atomic mass is 10.2. The van der Waals surface area contributed by atoms with E-state index in [9.17, 15) is 0 Å². The van der Waals surface area contributed by atoms with E-state index in [1.54, 1.807) is 11.3 Å². The van der Waals surface area contributed by atoms with Gasteiger partial charge in [0, 0.05) is 21.5 Å². The average Bonchev–Trinajstić information content (AvgIpc) is 3.25. The van der Waals surface area contributed by atoms with Gasteiger partial charge in [0.05, 0.1) is 11.9 Å². The summed E-state index contributed by atoms with van der Waals surface area (Å²) in [5.74, 6) is 1.51. The molecule has 0 N–H and O–H groups in total. The molecule has 0 aliphatic carbocycles. The Balaban J connectivity index is 1.77. The summed E-state index contributed by atoms with van der Waals surface area (Å²) in [5.41, 5.74) is 3.01. The number of thiazole rings is 1. The van der Waals surface area contributed by atoms with Crippen LogP contribution in [0.3, 0.4) is 0 Å². The molecule has 0 unspecified atom stereocenters. The summed E-state index contributed by atoms with van der Waals surface area (Å²) in [7, 11) is 0. The van der Waals surface area contributed by atoms with Crippen molar-refractivity contribution in [1.82, 2.24) is 4.68 Å². The maximum absolute atomic E-state index is 5.45. The Hall–Kier alpha value is -2.38. The lowest BCUT2D eigenvalue weighted by molar-refractivity contribution is 0.174. The number of hydrogen-bond acceptors (Lipinski definition) is 5. The van der Waals surface area contributed by atoms with Gasteiger partial charge in [-0.05, 0) is 49.7 Å². The van der Waals surface area contributed by atoms with Crippen LogP contribution in [-0.2, 0) is 0 Å². The van der Waals surface area contributed by atoms with Crippen LogP contribution in [0.1, 0.15) is 19.4 Å². The van der Waals surface area contributed by atoms with Crippen molar-refractivity contribution < 1.29 is 9.47 Å². The van der Waals surface area contributed by atoms with Gasteiger partial charge in [-0.3, -0.25) is 4.99 Å². The van der Waals surface area contributed by atoms with Gasteiger partial charge in [0.1, 0.15) is 0 Å². The van der Waals surface area contributed by atoms with E-state index >= 15 is 0 Å². The molecule has 4 rings (SSSR count). The molecule has 0 radical (unpaired) electrons. The van der Waals surface area contributed by atoms with Crippen LogP contribution in [0.15, 0.2) is 62.4 Å². The lowest BCUT2D eigenvalue weighted by Crippen LogP contribution is -2.14. The molecule has 0 saturated carbocycles. The van der Waals surface area contributed by atoms with Crippen molar-refractivity contribution in [3.63, 3.8) is 0 Å². The zero-order valence-electron chi connectivity index (χ0n) is 14.9. The summed E-state index contributed by atoms with van der Waals surface area (Å²) in [6, 6.07) is 14.1. The van der Waals surface area contributed by atoms with Crippen LogP contribution < -0.4 is 14.3 Å². The van der Waals surface area contributed by atoms with Crippen LogP contribution in [0.5, 0.6) is 11.5 Å². The Morgan fingerprint density at radius 2 is 2.00 bits per heavy atom. The Bertz CT molecular complexity index is 1070. The van der Waals surface area contributed by atoms with E-state index < -0.39 is 0 Å². The molecule has 0 fully saturated rings. The van der Waals surface area contributed by atoms with Crippen LogP contribution in [0.2, 0.25) is 0 Å². The smallest absolute Gasteiger partial charge is 0.231 e. The number of rotatable bonds is 4. The van der Waals surface area contributed by atoms with E-state index in [0.717, 1.165) is 37.6 Å². The highest BCUT2D eigenvalue weighted by molar-refractivity contribution is 9.10. The molecule has 138 valence electrons. The molecule has 7 heteroatoms. The number of ether oxygens (including phenoxy) is 2. The van der Waals surface area contributed by atoms with Crippen molar-refractivity contribution in [2.24, 2.45) is 10.1 Å². The quantitative estimate of drug-likeness (QED) is 0.538. The fraction of sp³-hybridized carbons (Fsp3) is 0.200. The normalized spacial score (nSPS) is 13.9. The highest BCUT2D eigenvalue weighted by Gasteiger charge is 2.13. The number of nitrogens with zero attached hydrogens (tertiary/aromatic N) is 3. The number of halogens is 1. The monoisotopic (exact) mass is 443 g/mol. The number of fused-ring (bicyclic) bond motifs is 1. The second kappa shape index (κ2) is 7.70. The van der Waals surface area contributed by atoms with E-state index in [1.807, 2.05) is 41.2 Å². The van der Waals surface area contributed by atoms with E-state index in [-0.39, 0.29) is 12.8 Å². The molecule has 2 heterocycles. The molecule has 0 spiro atoms. The second-order valence-corrected chi connectivity index (χ2v) is 8.06. The number of aromatic nitrogens is 1. The Morgan fingerprint density at radius 1 is 1.15 bits per heavy atom. The van der Waals surface area contributed by atoms with Crippen LogP contribution in [0, 0.1) is 0 Å². The third kappa shape index (κ3) is 3.99. The molecule has 2 aromatic carbocycles. The van der Waals surface area contributed by atoms with Gasteiger partial charge in [-0.25, -0.2) is 4.68 Å². The molecule has 5 nitrogen and oxygen atoms in total. The molecule has 1 aliphatic rings. The van der Waals surface area contributed by atoms with Crippen molar-refractivity contribution in [2.75, 3.05) is 6.79 Å². The van der Waals surface area contributed by atoms with Gasteiger partial charge in [-0.15, -0.1) is 11.3 Å². The summed E-state index contributed by atoms with van der Waals surface area (Å²) in [6.07, 6.45) is 1.81. The third-order valence-electron chi connectivity index (χ3n) is 3.89. The Kier molecular flexibility index (Phi) is 5.13. The molecular weight excluding hydrogens is 426 g/mol. The van der Waals surface area contributed by atoms with E-state index in [0.29, 0.717) is 0 Å². The predicted octanol–water partition coefficient (Wildman–Crippen LogP) is 4.90. The molecular formula is C20H18BrN3O2S. The summed E-state index contributed by atoms with van der Waals surface area (Å²) in [4.78, 5) is 5.57. The molecule has 0 bridgehead atoms. The summed E-state index contributed by atoms with van der Waals surface area (Å²) in [6.45, 7) is 4.38. The number of benzene rings is 2. The first kappa shape index (κ1) is 18.0. The van der Waals surface area contributed by atoms with Crippen LogP contribution in [0.4, 0.5) is 0 Å². The molecule has 1 aliphatic heterocycles. The largest absolute Gasteiger partial charge is 0.454 e. The minimum absolute atomic E-state index is 0.186. The van der Waals surface area contributed by atoms with E-state index in [2.05, 4.69) is 47.3 Å². The van der Waals surface area contributed by atoms with E-state index in [4.69, 9.17) is 19.6 Å². The van der Waals surface area contributed by atoms with Gasteiger partial charge in [0.15, 0.2) is 11.5 Å². The molecule has 0 amide bonds. The van der Waals surface area contributed by atoms with Crippen molar-refractivity contribution in [2.45, 2.75) is 19.9 Å². The molecule has 27 heavy (non-hydrogen) atoms. The van der Waals surface area contributed by atoms with Gasteiger partial charge in [-0.2, -0.15) is 5.10 Å². The van der Waals surface area contributed by atoms with Gasteiger partial charge < -0.3 is 9.47 Å². The van der Waals surface area contributed by atoms with Crippen molar-refractivity contribution >= 4 is 33.5 Å². The highest BCUT2D eigenvalue weighted by atomic mass is 79.9. The summed E-state index contributed by atoms with van der Waals surface area (Å²) in [5, 5.41) is 6.80. The van der Waals surface area contributed by atoms with Crippen LogP contribution in [-0.4, -0.2) is 23.7 Å². The topological polar surface area (TPSA) is 48.1 Å². The predicted molar refractivity (Wildman–Crippen MR) is 112 cm³/mol. The standard InChI is InChI=1S/C20H18BrN3O2S/c1-13(2)23-20-24(17(11-27-20)15-4-3-5-16(21)9-15)22-10-14-6-7-18-19(8-14)26-12-25-18/h3-11,13H,12H2,1-2H3. The van der Waals surface area contributed by atoms with Gasteiger partial charge >= 0.3 is 0 Å². The minimum Gasteiger partial charge on any atom is -0.454 e. The van der Waals surface area contributed by atoms with E-state index in [1.165, 1.54) is 0 Å². The Labute approximate surface area is 169 Å². The first-order valence-corrected chi connectivity index (χ1v) is 10.2. The van der Waals surface area contributed by atoms with Crippen molar-refractivity contribution in [3.8, 4) is 22.8 Å². The SMILES string of the molecule is CC(C)N=c1scc(-c2cccc(Br)c2)n1N=Cc1ccc2c(c1)OCO2. The zero-order valence-corrected chi connectivity index (χ0v) is 17.3. The highest BCUT2D eigenvalue weighted by Crippen LogP contribution is 2.32. The van der Waals surface area contributed by atoms with Crippen molar-refractivity contribution in [3.05, 3.63) is 62.7 Å². The lowest BCUT2D eigenvalue weighted by Gasteiger charge is -2.05. The fourth-order valence-electron chi connectivity index (χ4n) is 2.68. The molecule has 0 saturated heterocycles. The van der Waals surface area contributed by atoms with Crippen LogP contribution in [0.25, 0.3) is 11.3 Å². The van der Waals surface area contributed by atoms with Gasteiger partial charge in [-0.1, -0.05) is 28.1 Å². The maximum Gasteiger partial charge on any atom is 0.231 e. The maximum atomic E-state index is 5.45. The Morgan fingerprint density at radius 3 is 2.81 bits per heavy atom. The summed E-state index contributed by atoms with van der Waals surface area (Å²) >= 11 is 5.12. The first-order valence-electron chi connectivity index (χ1n) is 8.54. The van der Waals surface area contributed by atoms with Gasteiger partial charge in [0.2, 0.25) is 11.6 Å². The molecule has 0 atom stereocenters. The zero-order chi connectivity index (χ0) is 18.8. The molecule has 3 aromatic rings. The van der Waals surface area contributed by atoms with Gasteiger partial charge in [0.25, 0.3) is 0 Å². The fourth-order valence-corrected chi connectivity index (χ4v) is 4.05. The average molecular weight is 444 g/mol. The van der Waals surface area contributed by atoms with Crippen LogP contribution >= 0.6 is 27.3 Å². The third-order valence-corrected chi connectivity index (χ3v) is 5.22. The molecule has 1 aromatic heterocycles. The second-order valence-electron chi connectivity index (χ2n) is 6.31. The van der Waals surface area contributed by atoms with Crippen molar-refractivity contribution in [1.29, 1.82) is 0 Å². The minimum atomic E-state index is 0.186. The number of hydrogen-bond donors (Lipinski definition) is 0. The summed E-state index contributed by atoms with van der Waals surface area (Å²) < 4.78 is 13.7.